The van der Waals surface area contributed by atoms with Crippen LogP contribution in [-0.4, -0.2) is 33.6 Å². The minimum absolute atomic E-state index is 0.163. The minimum atomic E-state index is -0.598. The summed E-state index contributed by atoms with van der Waals surface area (Å²) in [5.74, 6) is -0.905. The number of fused-ring (bicyclic) bond motifs is 3. The molecule has 2 aromatic heterocycles. The Balaban J connectivity index is 1.39. The van der Waals surface area contributed by atoms with E-state index in [4.69, 9.17) is 0 Å². The SMILES string of the molecule is N#Cc1ccc2c(c1)c1c(n2C(=O)NCc2ccnc(F)c2)CCN(C/C=C/c2ccc(Br)c(F)c2)C1. The Bertz CT molecular complexity index is 1570. The van der Waals surface area contributed by atoms with E-state index in [1.165, 1.54) is 18.3 Å². The minimum Gasteiger partial charge on any atom is -0.333 e. The van der Waals surface area contributed by atoms with Gasteiger partial charge >= 0.3 is 6.03 Å². The van der Waals surface area contributed by atoms with Crippen LogP contribution in [0.1, 0.15) is 27.9 Å². The van der Waals surface area contributed by atoms with Gasteiger partial charge in [0.15, 0.2) is 0 Å². The van der Waals surface area contributed by atoms with Crippen molar-refractivity contribution in [3.8, 4) is 6.07 Å². The van der Waals surface area contributed by atoms with Crippen LogP contribution in [-0.2, 0) is 19.5 Å². The van der Waals surface area contributed by atoms with Crippen LogP contribution in [0.5, 0.6) is 0 Å². The molecule has 3 heterocycles. The molecule has 186 valence electrons. The van der Waals surface area contributed by atoms with Crippen LogP contribution in [0, 0.1) is 23.1 Å². The summed E-state index contributed by atoms with van der Waals surface area (Å²) in [6.07, 6.45) is 5.89. The van der Waals surface area contributed by atoms with Crippen molar-refractivity contribution in [1.29, 1.82) is 5.26 Å². The molecule has 0 spiro atoms. The third kappa shape index (κ3) is 5.31. The highest BCUT2D eigenvalue weighted by molar-refractivity contribution is 9.10. The predicted octanol–water partition coefficient (Wildman–Crippen LogP) is 5.78. The van der Waals surface area contributed by atoms with Crippen LogP contribution in [0.15, 0.2) is 65.3 Å². The summed E-state index contributed by atoms with van der Waals surface area (Å²) in [5, 5.41) is 13.2. The molecule has 0 saturated carbocycles. The number of benzene rings is 2. The number of amides is 1. The van der Waals surface area contributed by atoms with Crippen molar-refractivity contribution in [3.05, 3.63) is 105 Å². The second-order valence-corrected chi connectivity index (χ2v) is 9.67. The first-order chi connectivity index (χ1) is 17.9. The fourth-order valence-corrected chi connectivity index (χ4v) is 4.88. The molecule has 0 aliphatic carbocycles. The van der Waals surface area contributed by atoms with Gasteiger partial charge in [-0.25, -0.2) is 14.2 Å². The Morgan fingerprint density at radius 1 is 1.19 bits per heavy atom. The molecule has 1 N–H and O–H groups in total. The van der Waals surface area contributed by atoms with E-state index in [0.717, 1.165) is 34.3 Å². The number of nitrogens with one attached hydrogen (secondary N) is 1. The summed E-state index contributed by atoms with van der Waals surface area (Å²) in [4.78, 5) is 19.1. The quantitative estimate of drug-likeness (QED) is 0.313. The number of nitrogens with zero attached hydrogens (tertiary/aromatic N) is 4. The lowest BCUT2D eigenvalue weighted by Gasteiger charge is -2.27. The van der Waals surface area contributed by atoms with Crippen LogP contribution >= 0.6 is 15.9 Å². The average Bonchev–Trinajstić information content (AvgIpc) is 3.22. The van der Waals surface area contributed by atoms with Gasteiger partial charge < -0.3 is 5.32 Å². The zero-order valence-corrected chi connectivity index (χ0v) is 21.3. The molecule has 0 saturated heterocycles. The van der Waals surface area contributed by atoms with Crippen LogP contribution in [0.3, 0.4) is 0 Å². The van der Waals surface area contributed by atoms with Crippen LogP contribution < -0.4 is 5.32 Å². The van der Waals surface area contributed by atoms with E-state index >= 15 is 0 Å². The van der Waals surface area contributed by atoms with Gasteiger partial charge in [0.1, 0.15) is 5.82 Å². The first-order valence-corrected chi connectivity index (χ1v) is 12.5. The van der Waals surface area contributed by atoms with Gasteiger partial charge in [-0.15, -0.1) is 0 Å². The standard InChI is InChI=1S/C28H22BrF2N5O/c29-23-5-3-18(13-24(23)30)2-1-10-35-11-8-26-22(17-35)21-12-19(15-32)4-6-25(21)36(26)28(37)34-16-20-7-9-33-27(31)14-20/h1-7,9,12-14H,8,10-11,16-17H2,(H,34,37)/b2-1+. The van der Waals surface area contributed by atoms with E-state index in [2.05, 4.69) is 37.2 Å². The number of halogens is 3. The van der Waals surface area contributed by atoms with E-state index in [9.17, 15) is 18.8 Å². The average molecular weight is 562 g/mol. The zero-order valence-electron chi connectivity index (χ0n) is 19.7. The second-order valence-electron chi connectivity index (χ2n) is 8.81. The lowest BCUT2D eigenvalue weighted by Crippen LogP contribution is -2.34. The van der Waals surface area contributed by atoms with E-state index in [1.807, 2.05) is 24.3 Å². The first-order valence-electron chi connectivity index (χ1n) is 11.7. The molecule has 0 bridgehead atoms. The molecule has 1 amide bonds. The molecule has 2 aromatic carbocycles. The van der Waals surface area contributed by atoms with Gasteiger partial charge in [-0.05, 0) is 75.1 Å². The van der Waals surface area contributed by atoms with Gasteiger partial charge in [0.05, 0.1) is 21.6 Å². The Morgan fingerprint density at radius 3 is 2.84 bits per heavy atom. The molecule has 37 heavy (non-hydrogen) atoms. The maximum absolute atomic E-state index is 13.8. The number of aromatic nitrogens is 2. The molecule has 9 heteroatoms. The van der Waals surface area contributed by atoms with Crippen molar-refractivity contribution >= 4 is 38.9 Å². The van der Waals surface area contributed by atoms with Crippen molar-refractivity contribution in [1.82, 2.24) is 19.8 Å². The van der Waals surface area contributed by atoms with E-state index in [0.29, 0.717) is 35.1 Å². The highest BCUT2D eigenvalue weighted by atomic mass is 79.9. The Morgan fingerprint density at radius 2 is 2.05 bits per heavy atom. The summed E-state index contributed by atoms with van der Waals surface area (Å²) in [5.41, 5.74) is 4.55. The van der Waals surface area contributed by atoms with Gasteiger partial charge in [-0.2, -0.15) is 9.65 Å². The maximum Gasteiger partial charge on any atom is 0.326 e. The summed E-state index contributed by atoms with van der Waals surface area (Å²) >= 11 is 3.17. The summed E-state index contributed by atoms with van der Waals surface area (Å²) in [7, 11) is 0. The van der Waals surface area contributed by atoms with Gasteiger partial charge in [0.25, 0.3) is 0 Å². The monoisotopic (exact) mass is 561 g/mol. The Kier molecular flexibility index (Phi) is 7.12. The lowest BCUT2D eigenvalue weighted by atomic mass is 10.0. The molecule has 0 unspecified atom stereocenters. The van der Waals surface area contributed by atoms with E-state index in [-0.39, 0.29) is 18.4 Å². The molecular formula is C28H22BrF2N5O. The molecule has 1 aliphatic heterocycles. The third-order valence-electron chi connectivity index (χ3n) is 6.41. The second kappa shape index (κ2) is 10.6. The van der Waals surface area contributed by atoms with Crippen molar-refractivity contribution in [2.24, 2.45) is 0 Å². The smallest absolute Gasteiger partial charge is 0.326 e. The summed E-state index contributed by atoms with van der Waals surface area (Å²) in [6, 6.07) is 15.1. The van der Waals surface area contributed by atoms with E-state index < -0.39 is 5.95 Å². The largest absolute Gasteiger partial charge is 0.333 e. The number of rotatable bonds is 5. The number of carbonyl (C=O) groups is 1. The molecule has 4 aromatic rings. The van der Waals surface area contributed by atoms with Crippen molar-refractivity contribution in [2.45, 2.75) is 19.5 Å². The number of pyridine rings is 1. The van der Waals surface area contributed by atoms with Crippen LogP contribution in [0.4, 0.5) is 13.6 Å². The van der Waals surface area contributed by atoms with Crippen molar-refractivity contribution in [2.75, 3.05) is 13.1 Å². The molecule has 1 aliphatic rings. The van der Waals surface area contributed by atoms with Gasteiger partial charge in [-0.1, -0.05) is 18.2 Å². The molecule has 0 radical (unpaired) electrons. The normalized spacial score (nSPS) is 13.6. The number of carbonyl (C=O) groups excluding carboxylic acids is 1. The zero-order chi connectivity index (χ0) is 25.9. The van der Waals surface area contributed by atoms with Gasteiger partial charge in [-0.3, -0.25) is 9.47 Å². The maximum atomic E-state index is 13.8. The Hall–Kier alpha value is -3.87. The summed E-state index contributed by atoms with van der Waals surface area (Å²) < 4.78 is 29.3. The molecular weight excluding hydrogens is 540 g/mol. The number of hydrogen-bond acceptors (Lipinski definition) is 4. The first kappa shape index (κ1) is 24.8. The molecule has 0 atom stereocenters. The van der Waals surface area contributed by atoms with Crippen molar-refractivity contribution in [3.63, 3.8) is 0 Å². The van der Waals surface area contributed by atoms with E-state index in [1.54, 1.807) is 28.8 Å². The fraction of sp³-hybridized carbons (Fsp3) is 0.179. The Labute approximate surface area is 221 Å². The van der Waals surface area contributed by atoms with Gasteiger partial charge in [0.2, 0.25) is 5.95 Å². The van der Waals surface area contributed by atoms with Crippen LogP contribution in [0.25, 0.3) is 17.0 Å². The highest BCUT2D eigenvalue weighted by Gasteiger charge is 2.26. The highest BCUT2D eigenvalue weighted by Crippen LogP contribution is 2.32. The summed E-state index contributed by atoms with van der Waals surface area (Å²) in [6.45, 7) is 2.16. The molecule has 6 nitrogen and oxygen atoms in total. The fourth-order valence-electron chi connectivity index (χ4n) is 4.63. The number of hydrogen-bond donors (Lipinski definition) is 1. The van der Waals surface area contributed by atoms with Crippen molar-refractivity contribution < 1.29 is 13.6 Å². The topological polar surface area (TPSA) is 74.0 Å². The third-order valence-corrected chi connectivity index (χ3v) is 7.05. The molecule has 0 fully saturated rings. The predicted molar refractivity (Wildman–Crippen MR) is 141 cm³/mol. The number of nitriles is 1. The van der Waals surface area contributed by atoms with Crippen LogP contribution in [0.2, 0.25) is 0 Å². The van der Waals surface area contributed by atoms with Gasteiger partial charge in [0, 0.05) is 49.9 Å². The molecule has 5 rings (SSSR count). The lowest BCUT2D eigenvalue weighted by molar-refractivity contribution is 0.240.